The fourth-order valence-electron chi connectivity index (χ4n) is 1.93. The fourth-order valence-corrected chi connectivity index (χ4v) is 2.19. The SMILES string of the molecule is Cc1ccc(N/C=C\c2nnnn2-c2ccc(Br)cc2)cc1. The van der Waals surface area contributed by atoms with Crippen LogP contribution in [0.3, 0.4) is 0 Å². The average molecular weight is 356 g/mol. The van der Waals surface area contributed by atoms with E-state index in [0.717, 1.165) is 15.8 Å². The van der Waals surface area contributed by atoms with Gasteiger partial charge in [-0.15, -0.1) is 5.10 Å². The second-order valence-electron chi connectivity index (χ2n) is 4.77. The minimum absolute atomic E-state index is 0.655. The zero-order chi connectivity index (χ0) is 15.4. The van der Waals surface area contributed by atoms with E-state index in [-0.39, 0.29) is 0 Å². The molecule has 0 aliphatic rings. The van der Waals surface area contributed by atoms with Crippen LogP contribution in [0.5, 0.6) is 0 Å². The first-order valence-corrected chi connectivity index (χ1v) is 7.56. The van der Waals surface area contributed by atoms with Crippen molar-refractivity contribution in [3.8, 4) is 5.69 Å². The number of hydrogen-bond acceptors (Lipinski definition) is 4. The zero-order valence-electron chi connectivity index (χ0n) is 11.9. The van der Waals surface area contributed by atoms with E-state index in [4.69, 9.17) is 0 Å². The van der Waals surface area contributed by atoms with Gasteiger partial charge in [0.25, 0.3) is 0 Å². The highest BCUT2D eigenvalue weighted by Gasteiger charge is 2.04. The van der Waals surface area contributed by atoms with Gasteiger partial charge in [0, 0.05) is 22.4 Å². The lowest BCUT2D eigenvalue weighted by Gasteiger charge is -2.02. The first-order chi connectivity index (χ1) is 10.7. The Morgan fingerprint density at radius 3 is 2.50 bits per heavy atom. The molecule has 1 aromatic heterocycles. The first-order valence-electron chi connectivity index (χ1n) is 6.76. The van der Waals surface area contributed by atoms with E-state index in [2.05, 4.69) is 55.8 Å². The lowest BCUT2D eigenvalue weighted by Crippen LogP contribution is -1.99. The van der Waals surface area contributed by atoms with Gasteiger partial charge in [-0.2, -0.15) is 4.68 Å². The lowest BCUT2D eigenvalue weighted by molar-refractivity contribution is 0.786. The molecule has 0 fully saturated rings. The highest BCUT2D eigenvalue weighted by molar-refractivity contribution is 9.10. The van der Waals surface area contributed by atoms with Crippen LogP contribution in [0.25, 0.3) is 11.8 Å². The Hall–Kier alpha value is -2.47. The van der Waals surface area contributed by atoms with Gasteiger partial charge in [0.2, 0.25) is 0 Å². The van der Waals surface area contributed by atoms with Gasteiger partial charge in [0.1, 0.15) is 0 Å². The number of nitrogens with one attached hydrogen (secondary N) is 1. The minimum Gasteiger partial charge on any atom is -0.362 e. The Morgan fingerprint density at radius 1 is 1.05 bits per heavy atom. The summed E-state index contributed by atoms with van der Waals surface area (Å²) in [6.45, 7) is 2.06. The molecule has 0 unspecified atom stereocenters. The van der Waals surface area contributed by atoms with Crippen molar-refractivity contribution in [1.82, 2.24) is 20.2 Å². The first kappa shape index (κ1) is 14.5. The van der Waals surface area contributed by atoms with Gasteiger partial charge in [0.15, 0.2) is 5.82 Å². The van der Waals surface area contributed by atoms with Gasteiger partial charge < -0.3 is 5.32 Å². The van der Waals surface area contributed by atoms with Crippen molar-refractivity contribution in [2.75, 3.05) is 5.32 Å². The minimum atomic E-state index is 0.655. The Morgan fingerprint density at radius 2 is 1.77 bits per heavy atom. The van der Waals surface area contributed by atoms with Crippen LogP contribution >= 0.6 is 15.9 Å². The van der Waals surface area contributed by atoms with E-state index in [9.17, 15) is 0 Å². The number of tetrazole rings is 1. The van der Waals surface area contributed by atoms with Crippen molar-refractivity contribution >= 4 is 27.7 Å². The molecule has 110 valence electrons. The molecule has 0 atom stereocenters. The van der Waals surface area contributed by atoms with Crippen LogP contribution in [0.15, 0.2) is 59.2 Å². The number of nitrogens with zero attached hydrogens (tertiary/aromatic N) is 4. The molecule has 2 aromatic carbocycles. The molecule has 0 bridgehead atoms. The fraction of sp³-hybridized carbons (Fsp3) is 0.0625. The molecule has 0 radical (unpaired) electrons. The van der Waals surface area contributed by atoms with Crippen LogP contribution < -0.4 is 5.32 Å². The van der Waals surface area contributed by atoms with Gasteiger partial charge in [-0.3, -0.25) is 0 Å². The second-order valence-corrected chi connectivity index (χ2v) is 5.68. The third kappa shape index (κ3) is 3.40. The van der Waals surface area contributed by atoms with Crippen molar-refractivity contribution in [2.45, 2.75) is 6.92 Å². The molecular weight excluding hydrogens is 342 g/mol. The van der Waals surface area contributed by atoms with Gasteiger partial charge in [-0.1, -0.05) is 33.6 Å². The number of aryl methyl sites for hydroxylation is 1. The molecule has 1 N–H and O–H groups in total. The molecular formula is C16H14BrN5. The zero-order valence-corrected chi connectivity index (χ0v) is 13.5. The maximum Gasteiger partial charge on any atom is 0.181 e. The maximum atomic E-state index is 4.02. The van der Waals surface area contributed by atoms with Crippen LogP contribution in [-0.4, -0.2) is 20.2 Å². The molecule has 3 aromatic rings. The number of rotatable bonds is 4. The largest absolute Gasteiger partial charge is 0.362 e. The summed E-state index contributed by atoms with van der Waals surface area (Å²) >= 11 is 3.42. The number of halogens is 1. The van der Waals surface area contributed by atoms with Gasteiger partial charge in [0.05, 0.1) is 5.69 Å². The van der Waals surface area contributed by atoms with Crippen LogP contribution in [-0.2, 0) is 0 Å². The van der Waals surface area contributed by atoms with E-state index in [1.165, 1.54) is 5.56 Å². The number of benzene rings is 2. The molecule has 5 nitrogen and oxygen atoms in total. The van der Waals surface area contributed by atoms with Crippen molar-refractivity contribution < 1.29 is 0 Å². The summed E-state index contributed by atoms with van der Waals surface area (Å²) < 4.78 is 2.70. The lowest BCUT2D eigenvalue weighted by atomic mass is 10.2. The Bertz CT molecular complexity index is 775. The maximum absolute atomic E-state index is 4.02. The van der Waals surface area contributed by atoms with Crippen molar-refractivity contribution in [3.05, 3.63) is 70.6 Å². The van der Waals surface area contributed by atoms with E-state index < -0.39 is 0 Å². The summed E-state index contributed by atoms with van der Waals surface area (Å²) in [5.41, 5.74) is 3.15. The van der Waals surface area contributed by atoms with Crippen LogP contribution in [0.1, 0.15) is 11.4 Å². The van der Waals surface area contributed by atoms with Crippen LogP contribution in [0, 0.1) is 6.92 Å². The molecule has 0 amide bonds. The topological polar surface area (TPSA) is 55.6 Å². The van der Waals surface area contributed by atoms with Crippen molar-refractivity contribution in [2.24, 2.45) is 0 Å². The van der Waals surface area contributed by atoms with Crippen LogP contribution in [0.4, 0.5) is 5.69 Å². The molecule has 6 heteroatoms. The summed E-state index contributed by atoms with van der Waals surface area (Å²) in [5.74, 6) is 0.655. The van der Waals surface area contributed by atoms with Gasteiger partial charge >= 0.3 is 0 Å². The number of anilines is 1. The normalized spacial score (nSPS) is 11.0. The number of aromatic nitrogens is 4. The monoisotopic (exact) mass is 355 g/mol. The third-order valence-electron chi connectivity index (χ3n) is 3.10. The summed E-state index contributed by atoms with van der Waals surface area (Å²) in [4.78, 5) is 0. The Kier molecular flexibility index (Phi) is 4.29. The molecule has 0 saturated carbocycles. The molecule has 0 aliphatic carbocycles. The predicted octanol–water partition coefficient (Wildman–Crippen LogP) is 3.82. The van der Waals surface area contributed by atoms with Crippen LogP contribution in [0.2, 0.25) is 0 Å². The predicted molar refractivity (Wildman–Crippen MR) is 90.7 cm³/mol. The van der Waals surface area contributed by atoms with E-state index >= 15 is 0 Å². The third-order valence-corrected chi connectivity index (χ3v) is 3.63. The van der Waals surface area contributed by atoms with E-state index in [0.29, 0.717) is 5.82 Å². The smallest absolute Gasteiger partial charge is 0.181 e. The summed E-state index contributed by atoms with van der Waals surface area (Å²) in [6, 6.07) is 16.0. The highest BCUT2D eigenvalue weighted by Crippen LogP contribution is 2.14. The van der Waals surface area contributed by atoms with E-state index in [1.54, 1.807) is 4.68 Å². The molecule has 0 aliphatic heterocycles. The average Bonchev–Trinajstić information content (AvgIpc) is 2.98. The van der Waals surface area contributed by atoms with E-state index in [1.807, 2.05) is 48.7 Å². The molecule has 1 heterocycles. The standard InChI is InChI=1S/C16H14BrN5/c1-12-2-6-14(7-3-12)18-11-10-16-19-20-21-22(16)15-8-4-13(17)5-9-15/h2-11,18H,1H3/b11-10-. The Labute approximate surface area is 136 Å². The highest BCUT2D eigenvalue weighted by atomic mass is 79.9. The Balaban J connectivity index is 1.76. The summed E-state index contributed by atoms with van der Waals surface area (Å²) in [5, 5.41) is 15.0. The quantitative estimate of drug-likeness (QED) is 0.772. The molecule has 3 rings (SSSR count). The second kappa shape index (κ2) is 6.53. The van der Waals surface area contributed by atoms with Crippen molar-refractivity contribution in [3.63, 3.8) is 0 Å². The molecule has 0 saturated heterocycles. The number of hydrogen-bond donors (Lipinski definition) is 1. The summed E-state index contributed by atoms with van der Waals surface area (Å²) in [7, 11) is 0. The summed E-state index contributed by atoms with van der Waals surface area (Å²) in [6.07, 6.45) is 3.66. The van der Waals surface area contributed by atoms with Crippen molar-refractivity contribution in [1.29, 1.82) is 0 Å². The van der Waals surface area contributed by atoms with Gasteiger partial charge in [-0.05, 0) is 53.7 Å². The molecule has 22 heavy (non-hydrogen) atoms. The van der Waals surface area contributed by atoms with Gasteiger partial charge in [-0.25, -0.2) is 0 Å². The molecule has 0 spiro atoms.